The van der Waals surface area contributed by atoms with Crippen molar-refractivity contribution in [2.45, 2.75) is 44.5 Å². The Bertz CT molecular complexity index is 2400. The summed E-state index contributed by atoms with van der Waals surface area (Å²) in [5, 5.41) is 28.4. The fraction of sp³-hybridized carbons (Fsp3) is 0.234. The number of aliphatic hydroxyl groups excluding tert-OH is 1. The third-order valence-electron chi connectivity index (χ3n) is 11.0. The van der Waals surface area contributed by atoms with Crippen LogP contribution in [0.15, 0.2) is 127 Å². The highest BCUT2D eigenvalue weighted by atomic mass is 16.5. The summed E-state index contributed by atoms with van der Waals surface area (Å²) in [6.45, 7) is 1.98. The van der Waals surface area contributed by atoms with Crippen LogP contribution < -0.4 is 25.0 Å². The SMILES string of the molecule is COc1ccc(C(=O)Nc2cccc(CN3C(=O)[C@](O)([C@H](C)/C=C/CC(=O)N4Cc5ccccc5C[C@H]4CO)c4cc(NC(=O)c5ccc(OC)cc5)ccc43)c2)cc1. The molecule has 2 aliphatic heterocycles. The molecule has 4 amide bonds. The lowest BCUT2D eigenvalue weighted by molar-refractivity contribution is -0.139. The number of nitrogens with one attached hydrogen (secondary N) is 2. The largest absolute Gasteiger partial charge is 0.497 e. The monoisotopic (exact) mass is 794 g/mol. The van der Waals surface area contributed by atoms with E-state index >= 15 is 0 Å². The highest BCUT2D eigenvalue weighted by Gasteiger charge is 2.52. The smallest absolute Gasteiger partial charge is 0.264 e. The number of fused-ring (bicyclic) bond motifs is 2. The molecule has 4 N–H and O–H groups in total. The first-order chi connectivity index (χ1) is 28.5. The van der Waals surface area contributed by atoms with E-state index in [1.165, 1.54) is 4.90 Å². The number of hydrogen-bond donors (Lipinski definition) is 4. The second-order valence-corrected chi connectivity index (χ2v) is 14.7. The van der Waals surface area contributed by atoms with Gasteiger partial charge in [0.1, 0.15) is 11.5 Å². The molecular weight excluding hydrogens is 749 g/mol. The minimum absolute atomic E-state index is 0.00313. The van der Waals surface area contributed by atoms with Gasteiger partial charge in [-0.15, -0.1) is 0 Å². The first-order valence-corrected chi connectivity index (χ1v) is 19.3. The van der Waals surface area contributed by atoms with Crippen molar-refractivity contribution in [3.05, 3.63) is 161 Å². The molecule has 0 fully saturated rings. The molecule has 12 heteroatoms. The number of rotatable bonds is 13. The van der Waals surface area contributed by atoms with Crippen molar-refractivity contribution in [2.75, 3.05) is 36.4 Å². The summed E-state index contributed by atoms with van der Waals surface area (Å²) >= 11 is 0. The van der Waals surface area contributed by atoms with E-state index in [4.69, 9.17) is 9.47 Å². The van der Waals surface area contributed by atoms with Crippen LogP contribution in [0.3, 0.4) is 0 Å². The van der Waals surface area contributed by atoms with E-state index in [-0.39, 0.29) is 48.9 Å². The summed E-state index contributed by atoms with van der Waals surface area (Å²) in [6.07, 6.45) is 3.86. The van der Waals surface area contributed by atoms with Gasteiger partial charge < -0.3 is 40.1 Å². The van der Waals surface area contributed by atoms with Crippen LogP contribution in [-0.2, 0) is 34.7 Å². The molecular formula is C47H46N4O8. The van der Waals surface area contributed by atoms with Gasteiger partial charge in [0.25, 0.3) is 17.7 Å². The lowest BCUT2D eigenvalue weighted by Crippen LogP contribution is -2.46. The number of methoxy groups -OCH3 is 2. The zero-order chi connectivity index (χ0) is 41.7. The predicted octanol–water partition coefficient (Wildman–Crippen LogP) is 6.47. The summed E-state index contributed by atoms with van der Waals surface area (Å²) in [4.78, 5) is 57.5. The molecule has 0 saturated heterocycles. The molecule has 5 aromatic carbocycles. The summed E-state index contributed by atoms with van der Waals surface area (Å²) < 4.78 is 10.4. The van der Waals surface area contributed by atoms with Crippen LogP contribution >= 0.6 is 0 Å². The molecule has 0 aromatic heterocycles. The van der Waals surface area contributed by atoms with Gasteiger partial charge in [0, 0.05) is 46.9 Å². The highest BCUT2D eigenvalue weighted by Crippen LogP contribution is 2.47. The molecule has 0 bridgehead atoms. The Balaban J connectivity index is 1.14. The number of anilines is 3. The first-order valence-electron chi connectivity index (χ1n) is 19.3. The minimum atomic E-state index is -2.08. The van der Waals surface area contributed by atoms with Gasteiger partial charge in [-0.05, 0) is 102 Å². The van der Waals surface area contributed by atoms with Gasteiger partial charge >= 0.3 is 0 Å². The number of carbonyl (C=O) groups excluding carboxylic acids is 4. The highest BCUT2D eigenvalue weighted by molar-refractivity contribution is 6.09. The van der Waals surface area contributed by atoms with E-state index in [1.807, 2.05) is 30.3 Å². The number of hydrogen-bond acceptors (Lipinski definition) is 8. The quantitative estimate of drug-likeness (QED) is 0.0989. The van der Waals surface area contributed by atoms with Crippen LogP contribution in [0.1, 0.15) is 56.3 Å². The standard InChI is InChI=1S/C47H46N4O8/c1-30(8-6-13-43(53)50-28-35-11-5-4-10-34(35)25-38(50)29-52)47(57)41-26-37(49-45(55)33-16-21-40(59-3)22-17-33)18-23-42(41)51(46(47)56)27-31-9-7-12-36(24-31)48-44(54)32-14-19-39(58-2)20-15-32/h4-12,14-24,26,30,38,52,57H,13,25,27-29H2,1-3H3,(H,48,54)(H,49,55)/b8-6+/t30-,38+,47+/m1/s1. The maximum absolute atomic E-state index is 14.5. The molecule has 0 radical (unpaired) electrons. The van der Waals surface area contributed by atoms with Crippen molar-refractivity contribution in [1.29, 1.82) is 0 Å². The third kappa shape index (κ3) is 8.45. The van der Waals surface area contributed by atoms with E-state index in [2.05, 4.69) is 10.6 Å². The minimum Gasteiger partial charge on any atom is -0.497 e. The second-order valence-electron chi connectivity index (χ2n) is 14.7. The van der Waals surface area contributed by atoms with Gasteiger partial charge in [0.05, 0.1) is 39.1 Å². The molecule has 5 aromatic rings. The van der Waals surface area contributed by atoms with Crippen LogP contribution in [0.2, 0.25) is 0 Å². The van der Waals surface area contributed by atoms with E-state index in [0.717, 1.165) is 11.1 Å². The Hall–Kier alpha value is -6.76. The lowest BCUT2D eigenvalue weighted by Gasteiger charge is -2.36. The van der Waals surface area contributed by atoms with Crippen LogP contribution in [0.5, 0.6) is 11.5 Å². The molecule has 302 valence electrons. The Morgan fingerprint density at radius 3 is 2.03 bits per heavy atom. The molecule has 12 nitrogen and oxygen atoms in total. The van der Waals surface area contributed by atoms with Gasteiger partial charge in [-0.3, -0.25) is 19.2 Å². The molecule has 7 rings (SSSR count). The Kier molecular flexibility index (Phi) is 11.9. The van der Waals surface area contributed by atoms with Crippen molar-refractivity contribution >= 4 is 40.7 Å². The van der Waals surface area contributed by atoms with Crippen LogP contribution in [0.4, 0.5) is 17.1 Å². The van der Waals surface area contributed by atoms with Crippen LogP contribution in [0.25, 0.3) is 0 Å². The van der Waals surface area contributed by atoms with Crippen molar-refractivity contribution in [2.24, 2.45) is 5.92 Å². The van der Waals surface area contributed by atoms with E-state index < -0.39 is 17.4 Å². The van der Waals surface area contributed by atoms with Gasteiger partial charge in [-0.1, -0.05) is 55.5 Å². The molecule has 2 aliphatic rings. The molecule has 3 atom stereocenters. The molecule has 0 aliphatic carbocycles. The summed E-state index contributed by atoms with van der Waals surface area (Å²) in [5.74, 6) is -1.06. The zero-order valence-corrected chi connectivity index (χ0v) is 33.1. The van der Waals surface area contributed by atoms with Crippen molar-refractivity contribution < 1.29 is 38.9 Å². The Morgan fingerprint density at radius 2 is 1.42 bits per heavy atom. The van der Waals surface area contributed by atoms with Gasteiger partial charge in [0.2, 0.25) is 5.91 Å². The molecule has 0 unspecified atom stereocenters. The lowest BCUT2D eigenvalue weighted by atomic mass is 9.82. The number of nitrogens with zero attached hydrogens (tertiary/aromatic N) is 2. The summed E-state index contributed by atoms with van der Waals surface area (Å²) in [7, 11) is 3.09. The van der Waals surface area contributed by atoms with Gasteiger partial charge in [0.15, 0.2) is 5.60 Å². The normalized spacial score (nSPS) is 17.6. The Labute approximate surface area is 342 Å². The number of amides is 4. The number of aliphatic hydroxyl groups is 2. The second kappa shape index (κ2) is 17.4. The van der Waals surface area contributed by atoms with E-state index in [0.29, 0.717) is 58.2 Å². The molecule has 0 saturated carbocycles. The number of benzene rings is 5. The fourth-order valence-corrected chi connectivity index (χ4v) is 7.68. The average Bonchev–Trinajstić information content (AvgIpc) is 3.47. The summed E-state index contributed by atoms with van der Waals surface area (Å²) in [5.41, 5.74) is 3.20. The number of ether oxygens (including phenoxy) is 2. The molecule has 2 heterocycles. The van der Waals surface area contributed by atoms with Crippen molar-refractivity contribution in [3.8, 4) is 11.5 Å². The number of carbonyl (C=O) groups is 4. The topological polar surface area (TPSA) is 158 Å². The Morgan fingerprint density at radius 1 is 0.814 bits per heavy atom. The predicted molar refractivity (Wildman–Crippen MR) is 224 cm³/mol. The maximum Gasteiger partial charge on any atom is 0.264 e. The van der Waals surface area contributed by atoms with Gasteiger partial charge in [-0.2, -0.15) is 0 Å². The van der Waals surface area contributed by atoms with Crippen LogP contribution in [0, 0.1) is 5.92 Å². The van der Waals surface area contributed by atoms with Crippen LogP contribution in [-0.4, -0.2) is 65.6 Å². The average molecular weight is 795 g/mol. The fourth-order valence-electron chi connectivity index (χ4n) is 7.68. The molecule has 0 spiro atoms. The van der Waals surface area contributed by atoms with E-state index in [1.54, 1.807) is 123 Å². The summed E-state index contributed by atoms with van der Waals surface area (Å²) in [6, 6.07) is 32.9. The zero-order valence-electron chi connectivity index (χ0n) is 33.1. The first kappa shape index (κ1) is 40.4. The van der Waals surface area contributed by atoms with Crippen molar-refractivity contribution in [1.82, 2.24) is 4.90 Å². The maximum atomic E-state index is 14.5. The molecule has 59 heavy (non-hydrogen) atoms. The van der Waals surface area contributed by atoms with Gasteiger partial charge in [-0.25, -0.2) is 0 Å². The van der Waals surface area contributed by atoms with Crippen molar-refractivity contribution in [3.63, 3.8) is 0 Å². The third-order valence-corrected chi connectivity index (χ3v) is 11.0. The van der Waals surface area contributed by atoms with E-state index in [9.17, 15) is 29.4 Å².